The lowest BCUT2D eigenvalue weighted by Gasteiger charge is -2.26. The minimum absolute atomic E-state index is 0.0220. The largest absolute Gasteiger partial charge is 0.503 e. The van der Waals surface area contributed by atoms with E-state index in [1.54, 1.807) is 12.1 Å². The summed E-state index contributed by atoms with van der Waals surface area (Å²) in [5, 5.41) is 13.5. The van der Waals surface area contributed by atoms with Gasteiger partial charge in [-0.05, 0) is 72.8 Å². The fraction of sp³-hybridized carbons (Fsp3) is 0.120. The summed E-state index contributed by atoms with van der Waals surface area (Å²) in [4.78, 5) is 29.0. The van der Waals surface area contributed by atoms with Crippen molar-refractivity contribution in [1.82, 2.24) is 0 Å². The van der Waals surface area contributed by atoms with E-state index in [1.807, 2.05) is 61.7 Å². The van der Waals surface area contributed by atoms with Gasteiger partial charge in [0.05, 0.1) is 5.57 Å². The molecule has 0 bridgehead atoms. The van der Waals surface area contributed by atoms with E-state index < -0.39 is 23.5 Å². The molecule has 2 aromatic carbocycles. The Bertz CT molecular complexity index is 1420. The van der Waals surface area contributed by atoms with E-state index in [1.165, 1.54) is 16.2 Å². The van der Waals surface area contributed by atoms with Gasteiger partial charge in [-0.25, -0.2) is 0 Å². The highest BCUT2D eigenvalue weighted by atomic mass is 79.9. The molecule has 32 heavy (non-hydrogen) atoms. The number of anilines is 1. The normalized spacial score (nSPS) is 16.4. The van der Waals surface area contributed by atoms with Crippen LogP contribution in [-0.4, -0.2) is 16.8 Å². The van der Waals surface area contributed by atoms with Crippen molar-refractivity contribution in [3.63, 3.8) is 0 Å². The molecule has 0 radical (unpaired) electrons. The van der Waals surface area contributed by atoms with Crippen LogP contribution in [0.3, 0.4) is 0 Å². The summed E-state index contributed by atoms with van der Waals surface area (Å²) in [6.45, 7) is 3.96. The molecule has 0 aliphatic carbocycles. The van der Waals surface area contributed by atoms with Gasteiger partial charge in [-0.3, -0.25) is 14.5 Å². The van der Waals surface area contributed by atoms with Crippen LogP contribution < -0.4 is 4.90 Å². The molecule has 0 saturated carbocycles. The molecular formula is C25H18BrNO4S. The van der Waals surface area contributed by atoms with Gasteiger partial charge in [0.15, 0.2) is 11.5 Å². The number of nitrogens with zero attached hydrogens (tertiary/aromatic N) is 1. The summed E-state index contributed by atoms with van der Waals surface area (Å²) < 4.78 is 6.64. The van der Waals surface area contributed by atoms with Gasteiger partial charge in [-0.1, -0.05) is 28.1 Å². The fourth-order valence-corrected chi connectivity index (χ4v) is 5.16. The number of rotatable bonds is 4. The molecule has 1 N–H and O–H groups in total. The van der Waals surface area contributed by atoms with E-state index >= 15 is 0 Å². The van der Waals surface area contributed by atoms with Gasteiger partial charge < -0.3 is 9.52 Å². The van der Waals surface area contributed by atoms with Gasteiger partial charge in [0.25, 0.3) is 5.91 Å². The first-order valence-corrected chi connectivity index (χ1v) is 11.6. The lowest BCUT2D eigenvalue weighted by molar-refractivity contribution is -0.117. The van der Waals surface area contributed by atoms with Gasteiger partial charge in [0, 0.05) is 20.4 Å². The minimum atomic E-state index is -0.739. The van der Waals surface area contributed by atoms with E-state index in [-0.39, 0.29) is 11.3 Å². The number of aryl methyl sites for hydroxylation is 2. The quantitative estimate of drug-likeness (QED) is 0.313. The number of aliphatic hydroxyl groups is 1. The number of fused-ring (bicyclic) bond motifs is 1. The maximum atomic E-state index is 13.6. The maximum Gasteiger partial charge on any atom is 0.294 e. The number of amides is 1. The number of hydrogen-bond donors (Lipinski definition) is 1. The minimum Gasteiger partial charge on any atom is -0.503 e. The third kappa shape index (κ3) is 3.29. The summed E-state index contributed by atoms with van der Waals surface area (Å²) in [6.07, 6.45) is 0. The molecule has 1 amide bonds. The Morgan fingerprint density at radius 3 is 2.62 bits per heavy atom. The molecule has 5 rings (SSSR count). The van der Waals surface area contributed by atoms with E-state index in [2.05, 4.69) is 15.9 Å². The number of thiophene rings is 1. The highest BCUT2D eigenvalue weighted by Crippen LogP contribution is 2.44. The average Bonchev–Trinajstić information content (AvgIpc) is 3.49. The molecule has 7 heteroatoms. The van der Waals surface area contributed by atoms with Crippen molar-refractivity contribution in [2.24, 2.45) is 0 Å². The maximum absolute atomic E-state index is 13.6. The van der Waals surface area contributed by atoms with Crippen molar-refractivity contribution in [2.75, 3.05) is 4.90 Å². The van der Waals surface area contributed by atoms with Crippen LogP contribution in [0.5, 0.6) is 0 Å². The zero-order chi connectivity index (χ0) is 22.6. The smallest absolute Gasteiger partial charge is 0.294 e. The Morgan fingerprint density at radius 2 is 1.91 bits per heavy atom. The van der Waals surface area contributed by atoms with Crippen LogP contribution in [0.25, 0.3) is 11.0 Å². The Kier molecular flexibility index (Phi) is 5.03. The molecule has 4 aromatic rings. The van der Waals surface area contributed by atoms with Crippen LogP contribution in [0.15, 0.2) is 80.2 Å². The molecule has 0 saturated heterocycles. The zero-order valence-electron chi connectivity index (χ0n) is 17.3. The summed E-state index contributed by atoms with van der Waals surface area (Å²) in [5.74, 6) is -1.58. The van der Waals surface area contributed by atoms with Crippen molar-refractivity contribution < 1.29 is 19.1 Å². The Labute approximate surface area is 196 Å². The molecular weight excluding hydrogens is 490 g/mol. The molecule has 1 aliphatic rings. The first kappa shape index (κ1) is 20.7. The lowest BCUT2D eigenvalue weighted by Crippen LogP contribution is -2.30. The predicted octanol–water partition coefficient (Wildman–Crippen LogP) is 6.66. The number of carbonyl (C=O) groups is 2. The topological polar surface area (TPSA) is 70.8 Å². The van der Waals surface area contributed by atoms with Crippen molar-refractivity contribution in [1.29, 1.82) is 0 Å². The molecule has 0 fully saturated rings. The monoisotopic (exact) mass is 507 g/mol. The molecule has 2 aromatic heterocycles. The molecule has 1 aliphatic heterocycles. The van der Waals surface area contributed by atoms with E-state index in [9.17, 15) is 14.7 Å². The van der Waals surface area contributed by atoms with E-state index in [0.717, 1.165) is 25.9 Å². The zero-order valence-corrected chi connectivity index (χ0v) is 19.7. The van der Waals surface area contributed by atoms with Crippen LogP contribution in [0.4, 0.5) is 5.69 Å². The summed E-state index contributed by atoms with van der Waals surface area (Å²) in [5.41, 5.74) is 3.31. The van der Waals surface area contributed by atoms with Crippen molar-refractivity contribution in [2.45, 2.75) is 19.9 Å². The fourth-order valence-electron chi connectivity index (χ4n) is 3.95. The Hall–Kier alpha value is -3.16. The summed E-state index contributed by atoms with van der Waals surface area (Å²) in [7, 11) is 0. The molecule has 160 valence electrons. The first-order chi connectivity index (χ1) is 15.3. The molecule has 0 spiro atoms. The predicted molar refractivity (Wildman–Crippen MR) is 128 cm³/mol. The van der Waals surface area contributed by atoms with Gasteiger partial charge in [-0.15, -0.1) is 11.3 Å². The second-order valence-corrected chi connectivity index (χ2v) is 9.64. The second kappa shape index (κ2) is 7.76. The number of halogens is 1. The standard InChI is InChI=1S/C25H18BrNO4S/c1-13-5-7-17(10-14(13)2)27-22(20-4-3-9-32-20)21(24(29)25(27)30)23(28)19-12-15-11-16(26)6-8-18(15)31-19/h3-12,22,29H,1-2H3. The molecule has 5 nitrogen and oxygen atoms in total. The van der Waals surface area contributed by atoms with Crippen LogP contribution in [0.2, 0.25) is 0 Å². The van der Waals surface area contributed by atoms with Crippen molar-refractivity contribution >= 4 is 55.6 Å². The third-order valence-electron chi connectivity index (χ3n) is 5.74. The number of furan rings is 1. The highest BCUT2D eigenvalue weighted by molar-refractivity contribution is 9.10. The Morgan fingerprint density at radius 1 is 1.09 bits per heavy atom. The summed E-state index contributed by atoms with van der Waals surface area (Å²) >= 11 is 4.84. The first-order valence-electron chi connectivity index (χ1n) is 9.96. The van der Waals surface area contributed by atoms with Gasteiger partial charge in [0.2, 0.25) is 5.78 Å². The number of ketones is 1. The Balaban J connectivity index is 1.64. The number of benzene rings is 2. The molecule has 1 atom stereocenters. The van der Waals surface area contributed by atoms with Gasteiger partial charge >= 0.3 is 0 Å². The highest BCUT2D eigenvalue weighted by Gasteiger charge is 2.45. The van der Waals surface area contributed by atoms with E-state index in [0.29, 0.717) is 11.3 Å². The number of Topliss-reactive ketones (excluding diaryl/α,β-unsaturated/α-hetero) is 1. The summed E-state index contributed by atoms with van der Waals surface area (Å²) in [6, 6.07) is 15.7. The van der Waals surface area contributed by atoms with Gasteiger partial charge in [0.1, 0.15) is 11.6 Å². The molecule has 1 unspecified atom stereocenters. The SMILES string of the molecule is Cc1ccc(N2C(=O)C(O)=C(C(=O)c3cc4cc(Br)ccc4o3)C2c2cccs2)cc1C. The number of aliphatic hydroxyl groups excluding tert-OH is 1. The van der Waals surface area contributed by atoms with Gasteiger partial charge in [-0.2, -0.15) is 0 Å². The second-order valence-electron chi connectivity index (χ2n) is 7.75. The lowest BCUT2D eigenvalue weighted by atomic mass is 9.99. The third-order valence-corrected chi connectivity index (χ3v) is 7.15. The number of hydrogen-bond acceptors (Lipinski definition) is 5. The van der Waals surface area contributed by atoms with Crippen LogP contribution >= 0.6 is 27.3 Å². The van der Waals surface area contributed by atoms with Crippen LogP contribution in [0.1, 0.15) is 32.6 Å². The average molecular weight is 508 g/mol. The van der Waals surface area contributed by atoms with Crippen molar-refractivity contribution in [3.05, 3.63) is 97.5 Å². The number of carbonyl (C=O) groups excluding carboxylic acids is 2. The van der Waals surface area contributed by atoms with Crippen LogP contribution in [-0.2, 0) is 4.79 Å². The van der Waals surface area contributed by atoms with Crippen molar-refractivity contribution in [3.8, 4) is 0 Å². The molecule has 3 heterocycles. The van der Waals surface area contributed by atoms with Crippen LogP contribution in [0, 0.1) is 13.8 Å². The van der Waals surface area contributed by atoms with E-state index in [4.69, 9.17) is 4.42 Å².